The molecule has 0 amide bonds. The third-order valence-electron chi connectivity index (χ3n) is 5.69. The van der Waals surface area contributed by atoms with Crippen LogP contribution in [0.2, 0.25) is 0 Å². The maximum Gasteiger partial charge on any atom is 0.432 e. The number of carbonyl (C=O) groups excluding carboxylic acids is 1. The molecule has 0 aromatic heterocycles. The fraction of sp³-hybridized carbons (Fsp3) is 0.611. The van der Waals surface area contributed by atoms with Crippen LogP contribution in [0.5, 0.6) is 0 Å². The van der Waals surface area contributed by atoms with Crippen molar-refractivity contribution in [1.29, 1.82) is 0 Å². The predicted octanol–water partition coefficient (Wildman–Crippen LogP) is 3.72. The highest BCUT2D eigenvalue weighted by Gasteiger charge is 2.66. The fourth-order valence-corrected chi connectivity index (χ4v) is 6.64. The number of ether oxygens (including phenoxy) is 2. The van der Waals surface area contributed by atoms with E-state index >= 15 is 0 Å². The lowest BCUT2D eigenvalue weighted by Crippen LogP contribution is -2.71. The van der Waals surface area contributed by atoms with E-state index in [1.165, 1.54) is 24.3 Å². The Kier molecular flexibility index (Phi) is 7.26. The third kappa shape index (κ3) is 4.22. The maximum atomic E-state index is 14.2. The molecule has 2 fully saturated rings. The van der Waals surface area contributed by atoms with Crippen molar-refractivity contribution < 1.29 is 27.4 Å². The van der Waals surface area contributed by atoms with Crippen LogP contribution < -0.4 is 0 Å². The van der Waals surface area contributed by atoms with Crippen molar-refractivity contribution in [3.8, 4) is 0 Å². The molecule has 0 radical (unpaired) electrons. The molecule has 0 aliphatic carbocycles. The number of hydrogen-bond donors (Lipinski definition) is 0. The van der Waals surface area contributed by atoms with Crippen molar-refractivity contribution in [2.24, 2.45) is 0 Å². The summed E-state index contributed by atoms with van der Waals surface area (Å²) >= 11 is 0. The molecule has 0 spiro atoms. The molecule has 3 rings (SSSR count). The summed E-state index contributed by atoms with van der Waals surface area (Å²) in [6, 6.07) is 6.85. The van der Waals surface area contributed by atoms with Crippen LogP contribution >= 0.6 is 26.7 Å². The van der Waals surface area contributed by atoms with E-state index in [1.54, 1.807) is 6.07 Å². The summed E-state index contributed by atoms with van der Waals surface area (Å²) in [4.78, 5) is 13.2. The van der Waals surface area contributed by atoms with E-state index in [-0.39, 0.29) is 11.6 Å². The van der Waals surface area contributed by atoms with Crippen LogP contribution in [-0.2, 0) is 19.9 Å². The zero-order valence-electron chi connectivity index (χ0n) is 16.1. The first kappa shape index (κ1) is 23.3. The van der Waals surface area contributed by atoms with Gasteiger partial charge in [-0.15, -0.1) is 0 Å². The van der Waals surface area contributed by atoms with Gasteiger partial charge in [-0.05, 0) is 21.3 Å². The quantitative estimate of drug-likeness (QED) is 0.471. The van der Waals surface area contributed by atoms with Crippen molar-refractivity contribution >= 4 is 32.7 Å². The summed E-state index contributed by atoms with van der Waals surface area (Å²) in [6.07, 6.45) is -2.20. The van der Waals surface area contributed by atoms with Crippen molar-refractivity contribution in [2.75, 3.05) is 26.7 Å². The minimum absolute atomic E-state index is 0.119. The molecule has 1 aromatic carbocycles. The van der Waals surface area contributed by atoms with Crippen LogP contribution in [0, 0.1) is 0 Å². The molecular formula is C18H26F3N2O3P3. The van der Waals surface area contributed by atoms with E-state index in [2.05, 4.69) is 23.0 Å². The predicted molar refractivity (Wildman–Crippen MR) is 114 cm³/mol. The van der Waals surface area contributed by atoms with Gasteiger partial charge in [0.15, 0.2) is 5.60 Å². The minimum atomic E-state index is -4.97. The molecule has 11 heteroatoms. The molecular weight excluding hydrogens is 442 g/mol. The highest BCUT2D eigenvalue weighted by Crippen LogP contribution is 2.48. The molecule has 0 bridgehead atoms. The number of hydrogen-bond acceptors (Lipinski definition) is 5. The largest absolute Gasteiger partial charge is 0.452 e. The number of esters is 1. The number of nitrogens with zero attached hydrogens (tertiary/aromatic N) is 2. The van der Waals surface area contributed by atoms with Crippen LogP contribution in [0.4, 0.5) is 13.2 Å². The topological polar surface area (TPSA) is 42.0 Å². The smallest absolute Gasteiger partial charge is 0.432 e. The molecule has 29 heavy (non-hydrogen) atoms. The maximum absolute atomic E-state index is 14.2. The number of alkyl halides is 3. The van der Waals surface area contributed by atoms with Gasteiger partial charge in [-0.1, -0.05) is 55.1 Å². The summed E-state index contributed by atoms with van der Waals surface area (Å²) in [6.45, 7) is 1.58. The molecule has 0 N–H and O–H groups in total. The van der Waals surface area contributed by atoms with Gasteiger partial charge in [0.25, 0.3) is 5.60 Å². The Labute approximate surface area is 175 Å². The minimum Gasteiger partial charge on any atom is -0.452 e. The lowest BCUT2D eigenvalue weighted by Gasteiger charge is -2.56. The number of piperidine rings is 1. The molecule has 1 aromatic rings. The van der Waals surface area contributed by atoms with E-state index in [9.17, 15) is 18.0 Å². The lowest BCUT2D eigenvalue weighted by atomic mass is 9.82. The first-order valence-electron chi connectivity index (χ1n) is 9.33. The normalized spacial score (nSPS) is 25.5. The number of rotatable bonds is 6. The molecule has 5 atom stereocenters. The highest BCUT2D eigenvalue weighted by molar-refractivity contribution is 8.01. The zero-order valence-corrected chi connectivity index (χ0v) is 19.4. The van der Waals surface area contributed by atoms with E-state index in [4.69, 9.17) is 9.47 Å². The number of benzene rings is 1. The first-order valence-corrected chi connectivity index (χ1v) is 12.6. The van der Waals surface area contributed by atoms with Crippen molar-refractivity contribution in [3.05, 3.63) is 35.9 Å². The Bertz CT molecular complexity index is 719. The Morgan fingerprint density at radius 3 is 2.41 bits per heavy atom. The Hall–Kier alpha value is -0.350. The lowest BCUT2D eigenvalue weighted by molar-refractivity contribution is -0.286. The first-order chi connectivity index (χ1) is 13.7. The Morgan fingerprint density at radius 2 is 1.90 bits per heavy atom. The molecule has 162 valence electrons. The van der Waals surface area contributed by atoms with Crippen molar-refractivity contribution in [2.45, 2.75) is 42.7 Å². The Balaban J connectivity index is 1.97. The number of methoxy groups -OCH3 is 1. The number of carbonyl (C=O) groups is 1. The molecule has 2 saturated heterocycles. The molecule has 3 unspecified atom stereocenters. The van der Waals surface area contributed by atoms with Crippen LogP contribution in [0.1, 0.15) is 24.8 Å². The van der Waals surface area contributed by atoms with Gasteiger partial charge in [0.1, 0.15) is 0 Å². The second-order valence-electron chi connectivity index (χ2n) is 7.44. The molecule has 0 saturated carbocycles. The van der Waals surface area contributed by atoms with Gasteiger partial charge in [0.2, 0.25) is 0 Å². The summed E-state index contributed by atoms with van der Waals surface area (Å²) in [5.41, 5.74) is -4.44. The van der Waals surface area contributed by atoms with Gasteiger partial charge in [0.05, 0.1) is 6.04 Å². The van der Waals surface area contributed by atoms with E-state index in [0.717, 1.165) is 32.9 Å². The van der Waals surface area contributed by atoms with Gasteiger partial charge in [-0.25, -0.2) is 4.79 Å². The van der Waals surface area contributed by atoms with Crippen LogP contribution in [0.15, 0.2) is 30.3 Å². The van der Waals surface area contributed by atoms with Gasteiger partial charge in [0, 0.05) is 32.3 Å². The monoisotopic (exact) mass is 468 g/mol. The fourth-order valence-electron chi connectivity index (χ4n) is 4.26. The SMILES string of the molecule is CO[C@](C(=O)OC1([C@@H]2CCCCN2PP)CN(P)C1)(c1ccccc1)C(F)(F)F. The Morgan fingerprint density at radius 1 is 1.24 bits per heavy atom. The van der Waals surface area contributed by atoms with E-state index in [1.807, 2.05) is 4.67 Å². The number of halogens is 3. The zero-order chi connectivity index (χ0) is 21.3. The molecule has 2 aliphatic rings. The average Bonchev–Trinajstić information content (AvgIpc) is 2.67. The van der Waals surface area contributed by atoms with Gasteiger partial charge < -0.3 is 9.47 Å². The second-order valence-corrected chi connectivity index (χ2v) is 9.78. The third-order valence-corrected chi connectivity index (χ3v) is 7.91. The summed E-state index contributed by atoms with van der Waals surface area (Å²) in [7, 11) is 6.53. The average molecular weight is 468 g/mol. The van der Waals surface area contributed by atoms with Crippen LogP contribution in [-0.4, -0.2) is 59.9 Å². The molecule has 2 heterocycles. The van der Waals surface area contributed by atoms with Gasteiger partial charge in [-0.3, -0.25) is 9.34 Å². The van der Waals surface area contributed by atoms with Crippen LogP contribution in [0.3, 0.4) is 0 Å². The van der Waals surface area contributed by atoms with Crippen molar-refractivity contribution in [3.63, 3.8) is 0 Å². The molecule has 2 aliphatic heterocycles. The second kappa shape index (κ2) is 9.02. The van der Waals surface area contributed by atoms with Crippen molar-refractivity contribution in [1.82, 2.24) is 9.34 Å². The summed E-state index contributed by atoms with van der Waals surface area (Å²) in [5.74, 6) is -1.41. The highest BCUT2D eigenvalue weighted by atomic mass is 32.0. The summed E-state index contributed by atoms with van der Waals surface area (Å²) in [5, 5.41) is 0. The van der Waals surface area contributed by atoms with Gasteiger partial charge >= 0.3 is 12.1 Å². The van der Waals surface area contributed by atoms with Crippen LogP contribution in [0.25, 0.3) is 0 Å². The van der Waals surface area contributed by atoms with E-state index < -0.39 is 23.3 Å². The summed E-state index contributed by atoms with van der Waals surface area (Å²) < 4.78 is 57.4. The van der Waals surface area contributed by atoms with Gasteiger partial charge in [-0.2, -0.15) is 13.2 Å². The standard InChI is InChI=1S/C18H26F3N2O3P3/c1-25-17(18(19,20)21,13-7-3-2-4-8-13)15(24)26-16(11-22(27)12-16)14-9-5-6-10-23(14)29-28/h2-4,7-8,14,29H,5-6,9-12,27-28H2,1H3/t14-,17-/m0/s1. The molecule has 5 nitrogen and oxygen atoms in total. The van der Waals surface area contributed by atoms with E-state index in [0.29, 0.717) is 21.5 Å².